The van der Waals surface area contributed by atoms with E-state index in [4.69, 9.17) is 0 Å². The van der Waals surface area contributed by atoms with Crippen molar-refractivity contribution in [3.63, 3.8) is 0 Å². The molecular formula is C10H17N3O2. The van der Waals surface area contributed by atoms with E-state index in [2.05, 4.69) is 16.0 Å². The molecule has 2 amide bonds. The molecule has 1 aliphatic heterocycles. The Labute approximate surface area is 89.0 Å². The summed E-state index contributed by atoms with van der Waals surface area (Å²) in [7, 11) is 0. The van der Waals surface area contributed by atoms with Gasteiger partial charge in [0.05, 0.1) is 12.5 Å². The molecular weight excluding hydrogens is 194 g/mol. The van der Waals surface area contributed by atoms with E-state index < -0.39 is 0 Å². The Kier molecular flexibility index (Phi) is 3.20. The van der Waals surface area contributed by atoms with Crippen molar-refractivity contribution in [1.82, 2.24) is 16.0 Å². The van der Waals surface area contributed by atoms with Crippen molar-refractivity contribution in [3.8, 4) is 0 Å². The first-order chi connectivity index (χ1) is 7.25. The zero-order valence-corrected chi connectivity index (χ0v) is 8.71. The number of nitrogens with one attached hydrogen (secondary N) is 3. The second kappa shape index (κ2) is 4.61. The zero-order valence-electron chi connectivity index (χ0n) is 8.71. The van der Waals surface area contributed by atoms with Gasteiger partial charge in [0.25, 0.3) is 0 Å². The third kappa shape index (κ3) is 3.20. The molecule has 1 saturated carbocycles. The Balaban J connectivity index is 1.62. The SMILES string of the molecule is O=C(CNC(=O)[C@H]1CCNC1)NC1CC1. The van der Waals surface area contributed by atoms with Crippen LogP contribution in [0.5, 0.6) is 0 Å². The maximum Gasteiger partial charge on any atom is 0.239 e. The fraction of sp³-hybridized carbons (Fsp3) is 0.800. The van der Waals surface area contributed by atoms with Gasteiger partial charge in [0, 0.05) is 12.6 Å². The highest BCUT2D eigenvalue weighted by Crippen LogP contribution is 2.18. The summed E-state index contributed by atoms with van der Waals surface area (Å²) in [6, 6.07) is 0.363. The summed E-state index contributed by atoms with van der Waals surface area (Å²) in [5, 5.41) is 8.62. The molecule has 1 heterocycles. The van der Waals surface area contributed by atoms with E-state index in [1.54, 1.807) is 0 Å². The highest BCUT2D eigenvalue weighted by Gasteiger charge is 2.25. The van der Waals surface area contributed by atoms with Crippen molar-refractivity contribution in [2.45, 2.75) is 25.3 Å². The molecule has 0 aromatic carbocycles. The van der Waals surface area contributed by atoms with Crippen LogP contribution in [0, 0.1) is 5.92 Å². The summed E-state index contributed by atoms with van der Waals surface area (Å²) in [4.78, 5) is 22.8. The van der Waals surface area contributed by atoms with Gasteiger partial charge in [0.15, 0.2) is 0 Å². The molecule has 84 valence electrons. The van der Waals surface area contributed by atoms with Crippen LogP contribution < -0.4 is 16.0 Å². The lowest BCUT2D eigenvalue weighted by molar-refractivity contribution is -0.128. The van der Waals surface area contributed by atoms with Gasteiger partial charge < -0.3 is 16.0 Å². The zero-order chi connectivity index (χ0) is 10.7. The van der Waals surface area contributed by atoms with Crippen LogP contribution >= 0.6 is 0 Å². The minimum absolute atomic E-state index is 0.00838. The smallest absolute Gasteiger partial charge is 0.239 e. The Morgan fingerprint density at radius 3 is 2.67 bits per heavy atom. The van der Waals surface area contributed by atoms with E-state index in [1.807, 2.05) is 0 Å². The fourth-order valence-corrected chi connectivity index (χ4v) is 1.70. The number of rotatable bonds is 4. The minimum atomic E-state index is -0.0724. The first kappa shape index (κ1) is 10.4. The third-order valence-electron chi connectivity index (χ3n) is 2.80. The molecule has 2 aliphatic rings. The molecule has 2 fully saturated rings. The summed E-state index contributed by atoms with van der Waals surface area (Å²) in [5.41, 5.74) is 0. The Bertz CT molecular complexity index is 257. The maximum absolute atomic E-state index is 11.5. The lowest BCUT2D eigenvalue weighted by Crippen LogP contribution is -2.40. The molecule has 5 heteroatoms. The molecule has 0 bridgehead atoms. The van der Waals surface area contributed by atoms with Crippen LogP contribution in [-0.2, 0) is 9.59 Å². The van der Waals surface area contributed by atoms with Crippen molar-refractivity contribution in [2.75, 3.05) is 19.6 Å². The number of hydrogen-bond donors (Lipinski definition) is 3. The molecule has 1 aliphatic carbocycles. The van der Waals surface area contributed by atoms with E-state index in [0.29, 0.717) is 6.04 Å². The first-order valence-corrected chi connectivity index (χ1v) is 5.53. The fourth-order valence-electron chi connectivity index (χ4n) is 1.70. The Morgan fingerprint density at radius 2 is 2.07 bits per heavy atom. The van der Waals surface area contributed by atoms with Gasteiger partial charge in [-0.2, -0.15) is 0 Å². The van der Waals surface area contributed by atoms with Crippen molar-refractivity contribution in [2.24, 2.45) is 5.92 Å². The van der Waals surface area contributed by atoms with Gasteiger partial charge in [-0.15, -0.1) is 0 Å². The summed E-state index contributed by atoms with van der Waals surface area (Å²) in [6.45, 7) is 1.74. The quantitative estimate of drug-likeness (QED) is 0.558. The largest absolute Gasteiger partial charge is 0.352 e. The third-order valence-corrected chi connectivity index (χ3v) is 2.80. The summed E-state index contributed by atoms with van der Waals surface area (Å²) < 4.78 is 0. The molecule has 1 saturated heterocycles. The van der Waals surface area contributed by atoms with Gasteiger partial charge in [0.1, 0.15) is 0 Å². The lowest BCUT2D eigenvalue weighted by atomic mass is 10.1. The normalized spacial score (nSPS) is 24.9. The van der Waals surface area contributed by atoms with Crippen molar-refractivity contribution in [3.05, 3.63) is 0 Å². The summed E-state index contributed by atoms with van der Waals surface area (Å²) in [6.07, 6.45) is 3.02. The van der Waals surface area contributed by atoms with Crippen molar-refractivity contribution >= 4 is 11.8 Å². The van der Waals surface area contributed by atoms with E-state index in [-0.39, 0.29) is 24.3 Å². The molecule has 2 rings (SSSR count). The molecule has 15 heavy (non-hydrogen) atoms. The van der Waals surface area contributed by atoms with Gasteiger partial charge in [0.2, 0.25) is 11.8 Å². The van der Waals surface area contributed by atoms with Crippen LogP contribution in [0.3, 0.4) is 0 Å². The average molecular weight is 211 g/mol. The van der Waals surface area contributed by atoms with Crippen LogP contribution in [0.1, 0.15) is 19.3 Å². The number of carbonyl (C=O) groups excluding carboxylic acids is 2. The monoisotopic (exact) mass is 211 g/mol. The molecule has 0 aromatic heterocycles. The van der Waals surface area contributed by atoms with Crippen molar-refractivity contribution in [1.29, 1.82) is 0 Å². The van der Waals surface area contributed by atoms with Crippen LogP contribution in [0.4, 0.5) is 0 Å². The van der Waals surface area contributed by atoms with E-state index in [0.717, 1.165) is 32.4 Å². The highest BCUT2D eigenvalue weighted by atomic mass is 16.2. The summed E-state index contributed by atoms with van der Waals surface area (Å²) in [5.74, 6) is -0.0403. The van der Waals surface area contributed by atoms with Crippen LogP contribution in [0.15, 0.2) is 0 Å². The molecule has 1 atom stereocenters. The lowest BCUT2D eigenvalue weighted by Gasteiger charge is -2.09. The molecule has 0 aromatic rings. The second-order valence-corrected chi connectivity index (χ2v) is 4.25. The number of carbonyl (C=O) groups is 2. The van der Waals surface area contributed by atoms with Gasteiger partial charge in [-0.25, -0.2) is 0 Å². The van der Waals surface area contributed by atoms with Gasteiger partial charge in [-0.1, -0.05) is 0 Å². The standard InChI is InChI=1S/C10H17N3O2/c14-9(13-8-1-2-8)6-12-10(15)7-3-4-11-5-7/h7-8,11H,1-6H2,(H,12,15)(H,13,14)/t7-/m0/s1. The van der Waals surface area contributed by atoms with E-state index >= 15 is 0 Å². The minimum Gasteiger partial charge on any atom is -0.352 e. The number of hydrogen-bond acceptors (Lipinski definition) is 3. The average Bonchev–Trinajstić information content (AvgIpc) is 2.86. The predicted octanol–water partition coefficient (Wildman–Crippen LogP) is -1.01. The van der Waals surface area contributed by atoms with Crippen molar-refractivity contribution < 1.29 is 9.59 Å². The summed E-state index contributed by atoms with van der Waals surface area (Å²) >= 11 is 0. The topological polar surface area (TPSA) is 70.2 Å². The second-order valence-electron chi connectivity index (χ2n) is 4.25. The van der Waals surface area contributed by atoms with E-state index in [9.17, 15) is 9.59 Å². The molecule has 5 nitrogen and oxygen atoms in total. The maximum atomic E-state index is 11.5. The molecule has 0 radical (unpaired) electrons. The molecule has 0 spiro atoms. The predicted molar refractivity (Wildman–Crippen MR) is 55.2 cm³/mol. The van der Waals surface area contributed by atoms with Gasteiger partial charge in [-0.3, -0.25) is 9.59 Å². The van der Waals surface area contributed by atoms with Gasteiger partial charge >= 0.3 is 0 Å². The molecule has 0 unspecified atom stereocenters. The first-order valence-electron chi connectivity index (χ1n) is 5.53. The Hall–Kier alpha value is -1.10. The number of amides is 2. The Morgan fingerprint density at radius 1 is 1.27 bits per heavy atom. The van der Waals surface area contributed by atoms with Crippen LogP contribution in [-0.4, -0.2) is 37.5 Å². The molecule has 3 N–H and O–H groups in total. The highest BCUT2D eigenvalue weighted by molar-refractivity contribution is 5.86. The van der Waals surface area contributed by atoms with E-state index in [1.165, 1.54) is 0 Å². The van der Waals surface area contributed by atoms with Crippen LogP contribution in [0.2, 0.25) is 0 Å². The van der Waals surface area contributed by atoms with Gasteiger partial charge in [-0.05, 0) is 25.8 Å². The van der Waals surface area contributed by atoms with Crippen LogP contribution in [0.25, 0.3) is 0 Å².